The highest BCUT2D eigenvalue weighted by Gasteiger charge is 2.47. The minimum Gasteiger partial charge on any atom is -0.481 e. The molecule has 2 fully saturated rings. The number of hydrogen-bond donors (Lipinski definition) is 1. The summed E-state index contributed by atoms with van der Waals surface area (Å²) >= 11 is 12.2. The number of nitrogens with zero attached hydrogens (tertiary/aromatic N) is 1. The van der Waals surface area contributed by atoms with Gasteiger partial charge in [0.15, 0.2) is 0 Å². The van der Waals surface area contributed by atoms with E-state index in [1.807, 2.05) is 6.07 Å². The fourth-order valence-electron chi connectivity index (χ4n) is 3.51. The van der Waals surface area contributed by atoms with Gasteiger partial charge in [-0.25, -0.2) is 0 Å². The van der Waals surface area contributed by atoms with E-state index >= 15 is 0 Å². The summed E-state index contributed by atoms with van der Waals surface area (Å²) in [5.41, 5.74) is 0.939. The fraction of sp³-hybridized carbons (Fsp3) is 0.556. The van der Waals surface area contributed by atoms with E-state index in [1.54, 1.807) is 17.0 Å². The third kappa shape index (κ3) is 4.46. The first-order valence-electron chi connectivity index (χ1n) is 8.52. The van der Waals surface area contributed by atoms with E-state index in [0.29, 0.717) is 23.3 Å². The highest BCUT2D eigenvalue weighted by atomic mass is 35.5. The highest BCUT2D eigenvalue weighted by molar-refractivity contribution is 6.35. The van der Waals surface area contributed by atoms with Crippen LogP contribution in [0, 0.1) is 5.92 Å². The molecule has 1 aliphatic carbocycles. The molecule has 5 nitrogen and oxygen atoms in total. The third-order valence-electron chi connectivity index (χ3n) is 4.95. The van der Waals surface area contributed by atoms with Crippen molar-refractivity contribution in [2.24, 2.45) is 5.92 Å². The van der Waals surface area contributed by atoms with Crippen molar-refractivity contribution in [3.63, 3.8) is 0 Å². The number of rotatable bonds is 6. The van der Waals surface area contributed by atoms with Gasteiger partial charge >= 0.3 is 5.97 Å². The quantitative estimate of drug-likeness (QED) is 0.812. The van der Waals surface area contributed by atoms with Gasteiger partial charge in [-0.2, -0.15) is 0 Å². The minimum atomic E-state index is -0.891. The molecule has 1 saturated heterocycles. The topological polar surface area (TPSA) is 66.8 Å². The van der Waals surface area contributed by atoms with Crippen molar-refractivity contribution in [1.82, 2.24) is 4.90 Å². The second-order valence-electron chi connectivity index (χ2n) is 6.63. The van der Waals surface area contributed by atoms with Crippen LogP contribution in [0.4, 0.5) is 0 Å². The molecule has 1 N–H and O–H groups in total. The summed E-state index contributed by atoms with van der Waals surface area (Å²) in [6.07, 6.45) is 2.21. The number of carboxylic acids is 1. The lowest BCUT2D eigenvalue weighted by Crippen LogP contribution is -2.45. The Kier molecular flexibility index (Phi) is 5.87. The van der Waals surface area contributed by atoms with Gasteiger partial charge in [0.25, 0.3) is 0 Å². The first-order valence-corrected chi connectivity index (χ1v) is 9.28. The van der Waals surface area contributed by atoms with Crippen molar-refractivity contribution in [2.45, 2.75) is 37.6 Å². The summed E-state index contributed by atoms with van der Waals surface area (Å²) in [6, 6.07) is 5.41. The van der Waals surface area contributed by atoms with E-state index in [9.17, 15) is 9.59 Å². The summed E-state index contributed by atoms with van der Waals surface area (Å²) in [7, 11) is 0. The second kappa shape index (κ2) is 7.94. The summed E-state index contributed by atoms with van der Waals surface area (Å²) in [4.78, 5) is 25.7. The molecule has 2 atom stereocenters. The molecule has 0 radical (unpaired) electrons. The van der Waals surface area contributed by atoms with Gasteiger partial charge in [0, 0.05) is 41.8 Å². The van der Waals surface area contributed by atoms with Gasteiger partial charge in [-0.05, 0) is 42.9 Å². The van der Waals surface area contributed by atoms with Gasteiger partial charge in [-0.3, -0.25) is 9.59 Å². The molecular weight excluding hydrogens is 365 g/mol. The van der Waals surface area contributed by atoms with Crippen LogP contribution in [0.2, 0.25) is 10.0 Å². The smallest absolute Gasteiger partial charge is 0.305 e. The highest BCUT2D eigenvalue weighted by Crippen LogP contribution is 2.51. The Morgan fingerprint density at radius 2 is 1.96 bits per heavy atom. The Morgan fingerprint density at radius 1 is 1.24 bits per heavy atom. The first-order chi connectivity index (χ1) is 12.0. The van der Waals surface area contributed by atoms with E-state index in [2.05, 4.69) is 0 Å². The third-order valence-corrected chi connectivity index (χ3v) is 5.51. The summed E-state index contributed by atoms with van der Waals surface area (Å²) in [5.74, 6) is -0.901. The first kappa shape index (κ1) is 18.5. The number of amides is 1. The molecule has 1 saturated carbocycles. The maximum absolute atomic E-state index is 13.0. The zero-order chi connectivity index (χ0) is 18.0. The van der Waals surface area contributed by atoms with Crippen molar-refractivity contribution in [2.75, 3.05) is 19.8 Å². The molecule has 1 amide bonds. The van der Waals surface area contributed by atoms with Crippen molar-refractivity contribution in [3.05, 3.63) is 33.8 Å². The summed E-state index contributed by atoms with van der Waals surface area (Å²) in [5, 5.41) is 10.1. The van der Waals surface area contributed by atoms with Crippen LogP contribution < -0.4 is 0 Å². The van der Waals surface area contributed by atoms with Gasteiger partial charge in [0.1, 0.15) is 0 Å². The van der Waals surface area contributed by atoms with Crippen molar-refractivity contribution < 1.29 is 19.4 Å². The number of aliphatic carboxylic acids is 1. The number of hydrogen-bond acceptors (Lipinski definition) is 3. The number of benzene rings is 1. The van der Waals surface area contributed by atoms with Gasteiger partial charge in [-0.1, -0.05) is 29.3 Å². The largest absolute Gasteiger partial charge is 0.481 e. The fourth-order valence-corrected chi connectivity index (χ4v) is 4.06. The molecule has 1 aliphatic heterocycles. The average Bonchev–Trinajstić information content (AvgIpc) is 3.36. The molecule has 0 unspecified atom stereocenters. The molecule has 0 spiro atoms. The molecule has 7 heteroatoms. The maximum Gasteiger partial charge on any atom is 0.305 e. The van der Waals surface area contributed by atoms with E-state index < -0.39 is 5.97 Å². The van der Waals surface area contributed by atoms with Crippen LogP contribution in [-0.4, -0.2) is 47.7 Å². The molecule has 136 valence electrons. The van der Waals surface area contributed by atoms with Gasteiger partial charge in [0.05, 0.1) is 6.42 Å². The SMILES string of the molecule is O=C(O)CCN(C(=O)[C@H]1C[C@@H]1c1ccc(Cl)cc1Cl)C1CCOCC1. The van der Waals surface area contributed by atoms with Crippen molar-refractivity contribution in [1.29, 1.82) is 0 Å². The molecule has 25 heavy (non-hydrogen) atoms. The van der Waals surface area contributed by atoms with Crippen LogP contribution in [0.5, 0.6) is 0 Å². The zero-order valence-electron chi connectivity index (χ0n) is 13.8. The van der Waals surface area contributed by atoms with Crippen LogP contribution in [0.1, 0.15) is 37.2 Å². The van der Waals surface area contributed by atoms with E-state index in [4.69, 9.17) is 33.0 Å². The minimum absolute atomic E-state index is 0.0316. The van der Waals surface area contributed by atoms with Crippen LogP contribution in [-0.2, 0) is 14.3 Å². The standard InChI is InChI=1S/C18H21Cl2NO4/c19-11-1-2-13(16(20)9-11)14-10-15(14)18(24)21(6-3-17(22)23)12-4-7-25-8-5-12/h1-2,9,12,14-15H,3-8,10H2,(H,22,23)/t14-,15+/m1/s1. The Balaban J connectivity index is 1.70. The molecular formula is C18H21Cl2NO4. The Bertz CT molecular complexity index is 660. The molecule has 2 aliphatic rings. The van der Waals surface area contributed by atoms with Crippen LogP contribution in [0.25, 0.3) is 0 Å². The number of carbonyl (C=O) groups excluding carboxylic acids is 1. The Morgan fingerprint density at radius 3 is 2.60 bits per heavy atom. The lowest BCUT2D eigenvalue weighted by atomic mass is 10.0. The second-order valence-corrected chi connectivity index (χ2v) is 7.48. The number of carbonyl (C=O) groups is 2. The van der Waals surface area contributed by atoms with E-state index in [0.717, 1.165) is 24.8 Å². The molecule has 1 aromatic rings. The van der Waals surface area contributed by atoms with Gasteiger partial charge in [0.2, 0.25) is 5.91 Å². The Hall–Kier alpha value is -1.30. The Labute approximate surface area is 156 Å². The molecule has 1 aromatic carbocycles. The monoisotopic (exact) mass is 385 g/mol. The lowest BCUT2D eigenvalue weighted by Gasteiger charge is -2.34. The predicted octanol–water partition coefficient (Wildman–Crippen LogP) is 3.58. The zero-order valence-corrected chi connectivity index (χ0v) is 15.3. The predicted molar refractivity (Wildman–Crippen MR) is 95.1 cm³/mol. The maximum atomic E-state index is 13.0. The van der Waals surface area contributed by atoms with Crippen LogP contribution >= 0.6 is 23.2 Å². The molecule has 3 rings (SSSR count). The number of halogens is 2. The van der Waals surface area contributed by atoms with E-state index in [-0.39, 0.29) is 36.8 Å². The van der Waals surface area contributed by atoms with E-state index in [1.165, 1.54) is 0 Å². The molecule has 0 bridgehead atoms. The lowest BCUT2D eigenvalue weighted by molar-refractivity contribution is -0.141. The number of carboxylic acid groups (broad SMARTS) is 1. The number of ether oxygens (including phenoxy) is 1. The average molecular weight is 386 g/mol. The van der Waals surface area contributed by atoms with Crippen LogP contribution in [0.3, 0.4) is 0 Å². The van der Waals surface area contributed by atoms with Crippen molar-refractivity contribution in [3.8, 4) is 0 Å². The van der Waals surface area contributed by atoms with Gasteiger partial charge in [-0.15, -0.1) is 0 Å². The summed E-state index contributed by atoms with van der Waals surface area (Å²) < 4.78 is 5.36. The molecule has 1 heterocycles. The van der Waals surface area contributed by atoms with Crippen molar-refractivity contribution >= 4 is 35.1 Å². The van der Waals surface area contributed by atoms with Crippen LogP contribution in [0.15, 0.2) is 18.2 Å². The molecule has 0 aromatic heterocycles. The van der Waals surface area contributed by atoms with Gasteiger partial charge < -0.3 is 14.7 Å². The normalized spacial score (nSPS) is 23.3. The summed E-state index contributed by atoms with van der Waals surface area (Å²) in [6.45, 7) is 1.47.